The Kier molecular flexibility index (Phi) is 4.17. The zero-order valence-electron chi connectivity index (χ0n) is 11.5. The van der Waals surface area contributed by atoms with Crippen molar-refractivity contribution < 1.29 is 19.2 Å². The van der Waals surface area contributed by atoms with Crippen molar-refractivity contribution in [2.45, 2.75) is 6.92 Å². The number of benzene rings is 1. The molecule has 1 N–H and O–H groups in total. The molecular weight excluding hydrogens is 290 g/mol. The van der Waals surface area contributed by atoms with Crippen molar-refractivity contribution in [1.29, 1.82) is 0 Å². The van der Waals surface area contributed by atoms with Crippen LogP contribution in [0, 0.1) is 17.0 Å². The van der Waals surface area contributed by atoms with Crippen molar-refractivity contribution in [3.05, 3.63) is 73.8 Å². The van der Waals surface area contributed by atoms with Gasteiger partial charge in [-0.15, -0.1) is 0 Å². The standard InChI is InChI=1S/C15H11NO6/c1-9-8-13(18)14(15(19)22-9)12(17)7-6-10-4-2-3-5-11(10)16(20)21/h2-8,18H,1H3/b7-6+. The maximum atomic E-state index is 12.0. The van der Waals surface area contributed by atoms with Gasteiger partial charge in [-0.25, -0.2) is 4.79 Å². The molecule has 112 valence electrons. The van der Waals surface area contributed by atoms with Crippen molar-refractivity contribution in [2.75, 3.05) is 0 Å². The van der Waals surface area contributed by atoms with Gasteiger partial charge in [0.2, 0.25) is 0 Å². The van der Waals surface area contributed by atoms with Crippen LogP contribution in [0.25, 0.3) is 6.08 Å². The van der Waals surface area contributed by atoms with Crippen molar-refractivity contribution in [3.63, 3.8) is 0 Å². The first-order valence-electron chi connectivity index (χ1n) is 6.19. The third-order valence-electron chi connectivity index (χ3n) is 2.85. The van der Waals surface area contributed by atoms with Gasteiger partial charge in [-0.3, -0.25) is 14.9 Å². The van der Waals surface area contributed by atoms with E-state index in [1.807, 2.05) is 0 Å². The van der Waals surface area contributed by atoms with E-state index >= 15 is 0 Å². The fourth-order valence-corrected chi connectivity index (χ4v) is 1.87. The quantitative estimate of drug-likeness (QED) is 0.402. The van der Waals surface area contributed by atoms with Gasteiger partial charge < -0.3 is 9.52 Å². The molecule has 2 aromatic rings. The summed E-state index contributed by atoms with van der Waals surface area (Å²) in [4.78, 5) is 33.9. The molecule has 0 radical (unpaired) electrons. The summed E-state index contributed by atoms with van der Waals surface area (Å²) in [5.41, 5.74) is -1.45. The van der Waals surface area contributed by atoms with Gasteiger partial charge in [-0.05, 0) is 25.1 Å². The lowest BCUT2D eigenvalue weighted by Gasteiger charge is -2.00. The van der Waals surface area contributed by atoms with Crippen molar-refractivity contribution in [3.8, 4) is 5.75 Å². The molecule has 0 aliphatic carbocycles. The van der Waals surface area contributed by atoms with Gasteiger partial charge >= 0.3 is 5.63 Å². The van der Waals surface area contributed by atoms with Gasteiger partial charge in [0, 0.05) is 12.1 Å². The van der Waals surface area contributed by atoms with E-state index in [0.717, 1.165) is 12.1 Å². The molecule has 2 rings (SSSR count). The van der Waals surface area contributed by atoms with Crippen LogP contribution in [0.3, 0.4) is 0 Å². The fraction of sp³-hybridized carbons (Fsp3) is 0.0667. The van der Waals surface area contributed by atoms with Crippen LogP contribution in [0.5, 0.6) is 5.75 Å². The molecule has 0 spiro atoms. The minimum atomic E-state index is -0.963. The normalized spacial score (nSPS) is 10.8. The number of aromatic hydroxyl groups is 1. The number of hydrogen-bond acceptors (Lipinski definition) is 6. The van der Waals surface area contributed by atoms with E-state index in [0.29, 0.717) is 0 Å². The highest BCUT2D eigenvalue weighted by Crippen LogP contribution is 2.20. The molecule has 1 aromatic heterocycles. The minimum Gasteiger partial charge on any atom is -0.507 e. The molecule has 7 heteroatoms. The van der Waals surface area contributed by atoms with E-state index in [1.165, 1.54) is 31.2 Å². The summed E-state index contributed by atoms with van der Waals surface area (Å²) < 4.78 is 4.75. The van der Waals surface area contributed by atoms with E-state index in [9.17, 15) is 24.8 Å². The molecule has 7 nitrogen and oxygen atoms in total. The topological polar surface area (TPSA) is 111 Å². The summed E-state index contributed by atoms with van der Waals surface area (Å²) in [6, 6.07) is 6.97. The number of ketones is 1. The van der Waals surface area contributed by atoms with Crippen LogP contribution in [0.1, 0.15) is 21.7 Å². The van der Waals surface area contributed by atoms with E-state index in [1.54, 1.807) is 6.07 Å². The number of nitro groups is 1. The highest BCUT2D eigenvalue weighted by molar-refractivity contribution is 6.08. The van der Waals surface area contributed by atoms with Gasteiger partial charge in [0.25, 0.3) is 5.69 Å². The third-order valence-corrected chi connectivity index (χ3v) is 2.85. The average molecular weight is 301 g/mol. The first kappa shape index (κ1) is 15.2. The molecular formula is C15H11NO6. The van der Waals surface area contributed by atoms with E-state index in [4.69, 9.17) is 4.42 Å². The zero-order chi connectivity index (χ0) is 16.3. The summed E-state index contributed by atoms with van der Waals surface area (Å²) in [7, 11) is 0. The molecule has 0 fully saturated rings. The zero-order valence-corrected chi connectivity index (χ0v) is 11.5. The molecule has 0 atom stereocenters. The van der Waals surface area contributed by atoms with E-state index in [2.05, 4.69) is 0 Å². The largest absolute Gasteiger partial charge is 0.507 e. The summed E-state index contributed by atoms with van der Waals surface area (Å²) in [5, 5.41) is 20.5. The molecule has 0 aliphatic rings. The van der Waals surface area contributed by atoms with Crippen LogP contribution in [0.15, 0.2) is 45.6 Å². The second kappa shape index (κ2) is 6.04. The summed E-state index contributed by atoms with van der Waals surface area (Å²) in [5.74, 6) is -1.13. The lowest BCUT2D eigenvalue weighted by molar-refractivity contribution is -0.385. The molecule has 0 aliphatic heterocycles. The van der Waals surface area contributed by atoms with Crippen LogP contribution in [0.4, 0.5) is 5.69 Å². The Labute approximate surface area is 124 Å². The first-order chi connectivity index (χ1) is 10.4. The molecule has 0 saturated carbocycles. The maximum absolute atomic E-state index is 12.0. The molecule has 1 heterocycles. The second-order valence-corrected chi connectivity index (χ2v) is 4.42. The van der Waals surface area contributed by atoms with Crippen LogP contribution >= 0.6 is 0 Å². The summed E-state index contributed by atoms with van der Waals surface area (Å²) in [6.45, 7) is 1.46. The Bertz CT molecular complexity index is 834. The van der Waals surface area contributed by atoms with Crippen LogP contribution in [0.2, 0.25) is 0 Å². The number of rotatable bonds is 4. The summed E-state index contributed by atoms with van der Waals surface area (Å²) >= 11 is 0. The van der Waals surface area contributed by atoms with Crippen LogP contribution in [-0.2, 0) is 0 Å². The highest BCUT2D eigenvalue weighted by Gasteiger charge is 2.16. The van der Waals surface area contributed by atoms with Crippen molar-refractivity contribution in [2.24, 2.45) is 0 Å². The second-order valence-electron chi connectivity index (χ2n) is 4.42. The number of para-hydroxylation sites is 1. The number of aryl methyl sites for hydroxylation is 1. The van der Waals surface area contributed by atoms with Gasteiger partial charge in [-0.1, -0.05) is 12.1 Å². The highest BCUT2D eigenvalue weighted by atomic mass is 16.6. The monoisotopic (exact) mass is 301 g/mol. The summed E-state index contributed by atoms with van der Waals surface area (Å²) in [6.07, 6.45) is 2.18. The molecule has 1 aromatic carbocycles. The molecule has 0 bridgehead atoms. The molecule has 0 unspecified atom stereocenters. The van der Waals surface area contributed by atoms with Crippen LogP contribution < -0.4 is 5.63 Å². The molecule has 0 amide bonds. The average Bonchev–Trinajstić information content (AvgIpc) is 2.44. The Hall–Kier alpha value is -3.22. The Morgan fingerprint density at radius 2 is 2.05 bits per heavy atom. The SMILES string of the molecule is Cc1cc(O)c(C(=O)/C=C/c2ccccc2[N+](=O)[O-])c(=O)o1. The van der Waals surface area contributed by atoms with Gasteiger partial charge in [0.15, 0.2) is 5.78 Å². The number of carbonyl (C=O) groups is 1. The number of hydrogen-bond donors (Lipinski definition) is 1. The van der Waals surface area contributed by atoms with Gasteiger partial charge in [-0.2, -0.15) is 0 Å². The lowest BCUT2D eigenvalue weighted by atomic mass is 10.1. The number of allylic oxidation sites excluding steroid dienone is 1. The minimum absolute atomic E-state index is 0.168. The number of carbonyl (C=O) groups excluding carboxylic acids is 1. The third kappa shape index (κ3) is 3.09. The Morgan fingerprint density at radius 1 is 1.36 bits per heavy atom. The molecule has 0 saturated heterocycles. The van der Waals surface area contributed by atoms with Gasteiger partial charge in [0.1, 0.15) is 17.1 Å². The predicted octanol–water partition coefficient (Wildman–Crippen LogP) is 2.46. The van der Waals surface area contributed by atoms with E-state index in [-0.39, 0.29) is 17.0 Å². The van der Waals surface area contributed by atoms with Gasteiger partial charge in [0.05, 0.1) is 10.5 Å². The first-order valence-corrected chi connectivity index (χ1v) is 6.19. The lowest BCUT2D eigenvalue weighted by Crippen LogP contribution is -2.13. The fourth-order valence-electron chi connectivity index (χ4n) is 1.87. The smallest absolute Gasteiger partial charge is 0.351 e. The predicted molar refractivity (Wildman–Crippen MR) is 77.8 cm³/mol. The van der Waals surface area contributed by atoms with E-state index < -0.39 is 27.6 Å². The van der Waals surface area contributed by atoms with Crippen molar-refractivity contribution >= 4 is 17.5 Å². The number of nitrogens with zero attached hydrogens (tertiary/aromatic N) is 1. The Balaban J connectivity index is 2.38. The van der Waals surface area contributed by atoms with Crippen LogP contribution in [-0.4, -0.2) is 15.8 Å². The maximum Gasteiger partial charge on any atom is 0.351 e. The number of nitro benzene ring substituents is 1. The molecule has 22 heavy (non-hydrogen) atoms. The van der Waals surface area contributed by atoms with Crippen molar-refractivity contribution in [1.82, 2.24) is 0 Å². The Morgan fingerprint density at radius 3 is 2.68 bits per heavy atom.